The molecule has 6 heteroatoms. The van der Waals surface area contributed by atoms with Gasteiger partial charge in [-0.25, -0.2) is 4.79 Å². The number of hydrogen-bond donors (Lipinski definition) is 1. The van der Waals surface area contributed by atoms with Crippen LogP contribution in [0.3, 0.4) is 0 Å². The van der Waals surface area contributed by atoms with E-state index in [0.717, 1.165) is 32.1 Å². The maximum Gasteiger partial charge on any atom is 0.348 e. The van der Waals surface area contributed by atoms with E-state index in [4.69, 9.17) is 4.74 Å². The van der Waals surface area contributed by atoms with Crippen LogP contribution in [0.5, 0.6) is 0 Å². The summed E-state index contributed by atoms with van der Waals surface area (Å²) in [6.07, 6.45) is 5.59. The number of ketones is 1. The Balaban J connectivity index is 1.53. The smallest absolute Gasteiger partial charge is 0.348 e. The highest BCUT2D eigenvalue weighted by Gasteiger charge is 2.19. The number of aryl methyl sites for hydroxylation is 2. The van der Waals surface area contributed by atoms with Gasteiger partial charge in [-0.1, -0.05) is 6.92 Å². The van der Waals surface area contributed by atoms with Crippen molar-refractivity contribution in [2.45, 2.75) is 45.4 Å². The molecule has 1 heterocycles. The molecule has 0 bridgehead atoms. The van der Waals surface area contributed by atoms with Gasteiger partial charge >= 0.3 is 5.97 Å². The Morgan fingerprint density at radius 3 is 2.56 bits per heavy atom. The first-order valence-corrected chi connectivity index (χ1v) is 10.1. The van der Waals surface area contributed by atoms with Gasteiger partial charge in [0.25, 0.3) is 0 Å². The summed E-state index contributed by atoms with van der Waals surface area (Å²) in [6.45, 7) is 1.65. The normalized spacial score (nSPS) is 12.9. The molecule has 27 heavy (non-hydrogen) atoms. The van der Waals surface area contributed by atoms with Gasteiger partial charge in [0.05, 0.1) is 0 Å². The maximum atomic E-state index is 12.2. The predicted molar refractivity (Wildman–Crippen MR) is 106 cm³/mol. The van der Waals surface area contributed by atoms with Gasteiger partial charge in [-0.15, -0.1) is 11.3 Å². The number of thiophene rings is 1. The number of carbonyl (C=O) groups is 3. The molecule has 1 aliphatic rings. The van der Waals surface area contributed by atoms with E-state index in [1.54, 1.807) is 24.3 Å². The number of nitrogens with one attached hydrogen (secondary N) is 1. The molecule has 0 unspecified atom stereocenters. The molecule has 3 rings (SSSR count). The van der Waals surface area contributed by atoms with Crippen molar-refractivity contribution >= 4 is 34.7 Å². The van der Waals surface area contributed by atoms with Gasteiger partial charge in [0, 0.05) is 22.5 Å². The quantitative estimate of drug-likeness (QED) is 0.566. The molecule has 0 radical (unpaired) electrons. The Hall–Kier alpha value is -2.47. The molecule has 1 amide bonds. The van der Waals surface area contributed by atoms with Gasteiger partial charge in [-0.3, -0.25) is 9.59 Å². The highest BCUT2D eigenvalue weighted by Crippen LogP contribution is 2.30. The summed E-state index contributed by atoms with van der Waals surface area (Å²) in [6, 6.07) is 8.51. The number of esters is 1. The Morgan fingerprint density at radius 1 is 1.11 bits per heavy atom. The van der Waals surface area contributed by atoms with Crippen molar-refractivity contribution in [3.63, 3.8) is 0 Å². The Bertz CT molecular complexity index is 815. The lowest BCUT2D eigenvalue weighted by molar-refractivity contribution is -0.116. The molecule has 5 nitrogen and oxygen atoms in total. The first-order valence-electron chi connectivity index (χ1n) is 9.28. The van der Waals surface area contributed by atoms with E-state index in [2.05, 4.69) is 5.32 Å². The molecule has 0 saturated heterocycles. The van der Waals surface area contributed by atoms with Crippen molar-refractivity contribution in [1.82, 2.24) is 0 Å². The average molecular weight is 385 g/mol. The number of amides is 1. The molecule has 0 spiro atoms. The summed E-state index contributed by atoms with van der Waals surface area (Å²) in [7, 11) is 0. The summed E-state index contributed by atoms with van der Waals surface area (Å²) in [5.74, 6) is -0.758. The van der Waals surface area contributed by atoms with Crippen LogP contribution in [0.2, 0.25) is 0 Å². The van der Waals surface area contributed by atoms with Crippen LogP contribution in [0, 0.1) is 0 Å². The fraction of sp³-hybridized carbons (Fsp3) is 0.381. The fourth-order valence-corrected chi connectivity index (χ4v) is 4.21. The van der Waals surface area contributed by atoms with E-state index >= 15 is 0 Å². The average Bonchev–Trinajstić information content (AvgIpc) is 3.11. The lowest BCUT2D eigenvalue weighted by Gasteiger charge is -2.08. The first kappa shape index (κ1) is 19.3. The van der Waals surface area contributed by atoms with Gasteiger partial charge in [-0.05, 0) is 68.0 Å². The Morgan fingerprint density at radius 2 is 1.85 bits per heavy atom. The van der Waals surface area contributed by atoms with E-state index in [9.17, 15) is 14.4 Å². The number of carbonyl (C=O) groups excluding carboxylic acids is 3. The minimum atomic E-state index is -0.439. The van der Waals surface area contributed by atoms with Crippen molar-refractivity contribution in [2.75, 3.05) is 11.9 Å². The first-order chi connectivity index (χ1) is 13.1. The van der Waals surface area contributed by atoms with Crippen LogP contribution in [0.1, 0.15) is 63.1 Å². The van der Waals surface area contributed by atoms with Crippen LogP contribution < -0.4 is 5.32 Å². The molecule has 0 saturated carbocycles. The van der Waals surface area contributed by atoms with Crippen molar-refractivity contribution in [3.8, 4) is 0 Å². The van der Waals surface area contributed by atoms with Crippen molar-refractivity contribution in [3.05, 3.63) is 51.2 Å². The predicted octanol–water partition coefficient (Wildman–Crippen LogP) is 4.41. The van der Waals surface area contributed by atoms with Crippen molar-refractivity contribution in [2.24, 2.45) is 0 Å². The van der Waals surface area contributed by atoms with Gasteiger partial charge in [0.1, 0.15) is 4.88 Å². The van der Waals surface area contributed by atoms with Crippen LogP contribution in [0.25, 0.3) is 0 Å². The lowest BCUT2D eigenvalue weighted by atomic mass is 9.99. The van der Waals surface area contributed by atoms with Gasteiger partial charge < -0.3 is 10.1 Å². The maximum absolute atomic E-state index is 12.2. The largest absolute Gasteiger partial charge is 0.453 e. The number of rotatable bonds is 7. The topological polar surface area (TPSA) is 72.5 Å². The van der Waals surface area contributed by atoms with E-state index < -0.39 is 5.97 Å². The lowest BCUT2D eigenvalue weighted by Crippen LogP contribution is -2.14. The summed E-state index contributed by atoms with van der Waals surface area (Å²) < 4.78 is 5.20. The number of fused-ring (bicyclic) bond motifs is 1. The molecule has 2 aromatic rings. The fourth-order valence-electron chi connectivity index (χ4n) is 3.07. The van der Waals surface area contributed by atoms with E-state index in [-0.39, 0.29) is 18.3 Å². The molecule has 1 aliphatic carbocycles. The highest BCUT2D eigenvalue weighted by atomic mass is 32.1. The Kier molecular flexibility index (Phi) is 6.40. The second-order valence-corrected chi connectivity index (χ2v) is 7.78. The van der Waals surface area contributed by atoms with Crippen LogP contribution in [0.15, 0.2) is 30.3 Å². The third-order valence-corrected chi connectivity index (χ3v) is 5.72. The standard InChI is InChI=1S/C21H23NO4S/c1-2-5-20(24)22-16-10-8-14(9-11-16)17(23)13-26-21(25)19-12-15-6-3-4-7-18(15)27-19/h8-12H,2-7,13H2,1H3,(H,22,24). The third kappa shape index (κ3) is 5.04. The number of ether oxygens (including phenoxy) is 1. The highest BCUT2D eigenvalue weighted by molar-refractivity contribution is 7.14. The van der Waals surface area contributed by atoms with Crippen molar-refractivity contribution in [1.29, 1.82) is 0 Å². The zero-order valence-electron chi connectivity index (χ0n) is 15.4. The zero-order chi connectivity index (χ0) is 19.2. The van der Waals surface area contributed by atoms with Crippen molar-refractivity contribution < 1.29 is 19.1 Å². The second-order valence-electron chi connectivity index (χ2n) is 6.64. The summed E-state index contributed by atoms with van der Waals surface area (Å²) in [5.41, 5.74) is 2.33. The van der Waals surface area contributed by atoms with E-state index in [0.29, 0.717) is 22.5 Å². The molecule has 1 aromatic carbocycles. The minimum Gasteiger partial charge on any atom is -0.453 e. The third-order valence-electron chi connectivity index (χ3n) is 4.50. The molecular weight excluding hydrogens is 362 g/mol. The number of hydrogen-bond acceptors (Lipinski definition) is 5. The van der Waals surface area contributed by atoms with Gasteiger partial charge in [0.2, 0.25) is 5.91 Å². The molecule has 0 atom stereocenters. The van der Waals surface area contributed by atoms with Gasteiger partial charge in [-0.2, -0.15) is 0 Å². The zero-order valence-corrected chi connectivity index (χ0v) is 16.2. The summed E-state index contributed by atoms with van der Waals surface area (Å²) in [5, 5.41) is 2.77. The molecule has 1 aromatic heterocycles. The van der Waals surface area contributed by atoms with Crippen LogP contribution in [-0.2, 0) is 22.4 Å². The molecule has 0 aliphatic heterocycles. The second kappa shape index (κ2) is 8.95. The van der Waals surface area contributed by atoms with Crippen LogP contribution >= 0.6 is 11.3 Å². The number of anilines is 1. The monoisotopic (exact) mass is 385 g/mol. The van der Waals surface area contributed by atoms with E-state index in [1.807, 2.05) is 13.0 Å². The molecule has 1 N–H and O–H groups in total. The summed E-state index contributed by atoms with van der Waals surface area (Å²) >= 11 is 1.48. The van der Waals surface area contributed by atoms with E-state index in [1.165, 1.54) is 21.8 Å². The minimum absolute atomic E-state index is 0.0517. The number of benzene rings is 1. The van der Waals surface area contributed by atoms with Gasteiger partial charge in [0.15, 0.2) is 12.4 Å². The molecular formula is C21H23NO4S. The molecule has 0 fully saturated rings. The Labute approximate surface area is 162 Å². The summed E-state index contributed by atoms with van der Waals surface area (Å²) in [4.78, 5) is 37.9. The SMILES string of the molecule is CCCC(=O)Nc1ccc(C(=O)COC(=O)c2cc3c(s2)CCCC3)cc1. The van der Waals surface area contributed by atoms with Crippen LogP contribution in [-0.4, -0.2) is 24.3 Å². The molecule has 142 valence electrons. The number of Topliss-reactive ketones (excluding diaryl/α,β-unsaturated/α-hetero) is 1. The van der Waals surface area contributed by atoms with Crippen LogP contribution in [0.4, 0.5) is 5.69 Å².